The molecule has 0 bridgehead atoms. The molecule has 9 atom stereocenters. The molecule has 5 rings (SSSR count). The van der Waals surface area contributed by atoms with Gasteiger partial charge in [-0.3, -0.25) is 4.79 Å². The van der Waals surface area contributed by atoms with Crippen molar-refractivity contribution in [3.63, 3.8) is 0 Å². The predicted octanol–water partition coefficient (Wildman–Crippen LogP) is 5.31. The van der Waals surface area contributed by atoms with E-state index in [-0.39, 0.29) is 17.4 Å². The Morgan fingerprint density at radius 3 is 2.54 bits per heavy atom. The maximum atomic E-state index is 13.4. The van der Waals surface area contributed by atoms with Gasteiger partial charge in [0, 0.05) is 5.92 Å². The van der Waals surface area contributed by atoms with Crippen LogP contribution in [0.15, 0.2) is 12.4 Å². The second-order valence-corrected chi connectivity index (χ2v) is 11.0. The summed E-state index contributed by atoms with van der Waals surface area (Å²) >= 11 is 0. The molecular weight excluding hydrogens is 346 g/mol. The molecule has 0 amide bonds. The van der Waals surface area contributed by atoms with E-state index >= 15 is 0 Å². The molecule has 28 heavy (non-hydrogen) atoms. The topological polar surface area (TPSA) is 47.8 Å². The fourth-order valence-corrected chi connectivity index (χ4v) is 8.39. The van der Waals surface area contributed by atoms with Crippen LogP contribution in [0.5, 0.6) is 0 Å². The number of nitrogens with zero attached hydrogens (tertiary/aromatic N) is 3. The lowest BCUT2D eigenvalue weighted by Gasteiger charge is -2.56. The van der Waals surface area contributed by atoms with E-state index in [0.29, 0.717) is 5.78 Å². The Labute approximate surface area is 169 Å². The molecule has 0 N–H and O–H groups in total. The molecule has 4 fully saturated rings. The Morgan fingerprint density at radius 1 is 1.00 bits per heavy atom. The van der Waals surface area contributed by atoms with Crippen LogP contribution in [0.3, 0.4) is 0 Å². The van der Waals surface area contributed by atoms with Gasteiger partial charge in [0.15, 0.2) is 5.78 Å². The number of ketones is 1. The third kappa shape index (κ3) is 2.81. The molecule has 154 valence electrons. The molecule has 4 saturated carbocycles. The predicted molar refractivity (Wildman–Crippen MR) is 110 cm³/mol. The molecule has 0 spiro atoms. The van der Waals surface area contributed by atoms with Gasteiger partial charge in [0.25, 0.3) is 0 Å². The highest BCUT2D eigenvalue weighted by molar-refractivity contribution is 5.85. The standard InChI is InChI=1S/C24H37N3O/c1-15-4-6-18-17(14-15)5-7-20-19(18)10-11-24(3)21(20)8-9-22(24)23(28)16(2)27-25-12-13-26-27/h12-13,15-22H,4-11,14H2,1-3H3. The summed E-state index contributed by atoms with van der Waals surface area (Å²) in [7, 11) is 0. The third-order valence-electron chi connectivity index (χ3n) is 9.75. The molecular formula is C24H37N3O. The lowest BCUT2D eigenvalue weighted by atomic mass is 9.49. The highest BCUT2D eigenvalue weighted by atomic mass is 16.1. The van der Waals surface area contributed by atoms with E-state index in [9.17, 15) is 4.79 Å². The lowest BCUT2D eigenvalue weighted by molar-refractivity contribution is -0.133. The van der Waals surface area contributed by atoms with E-state index in [1.165, 1.54) is 51.4 Å². The third-order valence-corrected chi connectivity index (χ3v) is 9.75. The maximum absolute atomic E-state index is 13.4. The van der Waals surface area contributed by atoms with Crippen molar-refractivity contribution in [2.75, 3.05) is 0 Å². The number of rotatable bonds is 3. The average molecular weight is 384 g/mol. The van der Waals surface area contributed by atoms with Crippen molar-refractivity contribution in [3.8, 4) is 0 Å². The Bertz CT molecular complexity index is 715. The lowest BCUT2D eigenvalue weighted by Crippen LogP contribution is -2.49. The van der Waals surface area contributed by atoms with Crippen molar-refractivity contribution in [2.24, 2.45) is 46.8 Å². The van der Waals surface area contributed by atoms with Crippen LogP contribution >= 0.6 is 0 Å². The summed E-state index contributed by atoms with van der Waals surface area (Å²) in [5.41, 5.74) is 0.203. The fourth-order valence-electron chi connectivity index (χ4n) is 8.39. The van der Waals surface area contributed by atoms with Gasteiger partial charge in [0.1, 0.15) is 6.04 Å². The first-order valence-electron chi connectivity index (χ1n) is 11.9. The minimum atomic E-state index is -0.233. The van der Waals surface area contributed by atoms with E-state index in [4.69, 9.17) is 0 Å². The van der Waals surface area contributed by atoms with Crippen molar-refractivity contribution in [1.29, 1.82) is 0 Å². The minimum absolute atomic E-state index is 0.198. The second kappa shape index (κ2) is 6.95. The smallest absolute Gasteiger partial charge is 0.162 e. The summed E-state index contributed by atoms with van der Waals surface area (Å²) < 4.78 is 0. The molecule has 0 radical (unpaired) electrons. The minimum Gasteiger partial charge on any atom is -0.297 e. The van der Waals surface area contributed by atoms with Gasteiger partial charge in [-0.05, 0) is 99.2 Å². The van der Waals surface area contributed by atoms with Crippen LogP contribution in [0.2, 0.25) is 0 Å². The second-order valence-electron chi connectivity index (χ2n) is 11.0. The van der Waals surface area contributed by atoms with Crippen molar-refractivity contribution < 1.29 is 4.79 Å². The SMILES string of the molecule is CC1CCC2C(CCC3C2CCC2(C)C(C(=O)C(C)n4nccn4)CCC32)C1. The first-order chi connectivity index (χ1) is 13.5. The van der Waals surface area contributed by atoms with E-state index in [1.807, 2.05) is 6.92 Å². The van der Waals surface area contributed by atoms with Crippen LogP contribution in [-0.2, 0) is 4.79 Å². The van der Waals surface area contributed by atoms with Crippen molar-refractivity contribution >= 4 is 5.78 Å². The maximum Gasteiger partial charge on any atom is 0.162 e. The fraction of sp³-hybridized carbons (Fsp3) is 0.875. The average Bonchev–Trinajstić information content (AvgIpc) is 3.34. The van der Waals surface area contributed by atoms with Gasteiger partial charge in [0.2, 0.25) is 0 Å². The quantitative estimate of drug-likeness (QED) is 0.710. The first-order valence-corrected chi connectivity index (χ1v) is 11.9. The van der Waals surface area contributed by atoms with Gasteiger partial charge in [-0.1, -0.05) is 20.3 Å². The van der Waals surface area contributed by atoms with Gasteiger partial charge < -0.3 is 0 Å². The number of Topliss-reactive ketones (excluding diaryl/α,β-unsaturated/α-hetero) is 1. The van der Waals surface area contributed by atoms with Crippen LogP contribution in [-0.4, -0.2) is 20.8 Å². The molecule has 4 aliphatic carbocycles. The zero-order chi connectivity index (χ0) is 19.5. The summed E-state index contributed by atoms with van der Waals surface area (Å²) in [5.74, 6) is 6.09. The Hall–Kier alpha value is -1.19. The molecule has 9 unspecified atom stereocenters. The van der Waals surface area contributed by atoms with Crippen LogP contribution in [0.25, 0.3) is 0 Å². The summed E-state index contributed by atoms with van der Waals surface area (Å²) in [4.78, 5) is 15.0. The summed E-state index contributed by atoms with van der Waals surface area (Å²) in [6.45, 7) is 6.91. The molecule has 1 heterocycles. The first kappa shape index (κ1) is 18.8. The van der Waals surface area contributed by atoms with E-state index in [2.05, 4.69) is 24.0 Å². The summed E-state index contributed by atoms with van der Waals surface area (Å²) in [6, 6.07) is -0.233. The molecule has 4 nitrogen and oxygen atoms in total. The van der Waals surface area contributed by atoms with Crippen molar-refractivity contribution in [2.45, 2.75) is 84.6 Å². The molecule has 0 aromatic carbocycles. The Morgan fingerprint density at radius 2 is 1.75 bits per heavy atom. The van der Waals surface area contributed by atoms with Crippen LogP contribution in [0.4, 0.5) is 0 Å². The largest absolute Gasteiger partial charge is 0.297 e. The van der Waals surface area contributed by atoms with Gasteiger partial charge >= 0.3 is 0 Å². The number of hydrogen-bond donors (Lipinski definition) is 0. The number of hydrogen-bond acceptors (Lipinski definition) is 3. The Kier molecular flexibility index (Phi) is 4.67. The van der Waals surface area contributed by atoms with Crippen LogP contribution < -0.4 is 0 Å². The molecule has 0 aliphatic heterocycles. The molecule has 1 aromatic rings. The molecule has 0 saturated heterocycles. The van der Waals surface area contributed by atoms with Crippen LogP contribution in [0, 0.1) is 46.8 Å². The van der Waals surface area contributed by atoms with Crippen molar-refractivity contribution in [1.82, 2.24) is 15.0 Å². The highest BCUT2D eigenvalue weighted by Gasteiger charge is 2.58. The molecule has 4 heteroatoms. The molecule has 1 aromatic heterocycles. The molecule has 4 aliphatic rings. The normalized spacial score (nSPS) is 46.3. The van der Waals surface area contributed by atoms with Crippen LogP contribution in [0.1, 0.15) is 84.6 Å². The van der Waals surface area contributed by atoms with Gasteiger partial charge in [-0.25, -0.2) is 0 Å². The van der Waals surface area contributed by atoms with E-state index in [0.717, 1.165) is 41.9 Å². The zero-order valence-electron chi connectivity index (χ0n) is 17.9. The van der Waals surface area contributed by atoms with Gasteiger partial charge in [-0.15, -0.1) is 0 Å². The number of aromatic nitrogens is 3. The number of carbonyl (C=O) groups excluding carboxylic acids is 1. The van der Waals surface area contributed by atoms with Crippen molar-refractivity contribution in [3.05, 3.63) is 12.4 Å². The Balaban J connectivity index is 1.35. The monoisotopic (exact) mass is 383 g/mol. The highest BCUT2D eigenvalue weighted by Crippen LogP contribution is 2.64. The van der Waals surface area contributed by atoms with E-state index in [1.54, 1.807) is 17.2 Å². The summed E-state index contributed by atoms with van der Waals surface area (Å²) in [6.07, 6.45) is 15.6. The zero-order valence-corrected chi connectivity index (χ0v) is 17.9. The number of carbonyl (C=O) groups is 1. The van der Waals surface area contributed by atoms with Gasteiger partial charge in [-0.2, -0.15) is 15.0 Å². The summed E-state index contributed by atoms with van der Waals surface area (Å²) in [5, 5.41) is 8.47. The number of fused-ring (bicyclic) bond motifs is 5. The van der Waals surface area contributed by atoms with Gasteiger partial charge in [0.05, 0.1) is 12.4 Å². The van der Waals surface area contributed by atoms with E-state index < -0.39 is 0 Å².